The number of hydrogen-bond donors (Lipinski definition) is 3. The fourth-order valence-electron chi connectivity index (χ4n) is 7.44. The van der Waals surface area contributed by atoms with E-state index in [0.29, 0.717) is 71.7 Å². The zero-order valence-electron chi connectivity index (χ0n) is 28.5. The molecule has 3 aromatic heterocycles. The summed E-state index contributed by atoms with van der Waals surface area (Å²) in [5, 5.41) is 34.2. The van der Waals surface area contributed by atoms with E-state index in [2.05, 4.69) is 32.2 Å². The van der Waals surface area contributed by atoms with E-state index in [1.165, 1.54) is 0 Å². The number of fused-ring (bicyclic) bond motifs is 2. The highest BCUT2D eigenvalue weighted by atomic mass is 35.5. The summed E-state index contributed by atoms with van der Waals surface area (Å²) in [4.78, 5) is 30.0. The predicted octanol–water partition coefficient (Wildman–Crippen LogP) is 7.16. The number of carbonyl (C=O) groups is 1. The number of benzene rings is 3. The van der Waals surface area contributed by atoms with Crippen molar-refractivity contribution in [3.63, 3.8) is 0 Å². The molecule has 0 bridgehead atoms. The first-order valence-electron chi connectivity index (χ1n) is 17.3. The molecule has 3 N–H and O–H groups in total. The minimum absolute atomic E-state index is 0.267. The second-order valence-electron chi connectivity index (χ2n) is 13.7. The van der Waals surface area contributed by atoms with Gasteiger partial charge in [-0.2, -0.15) is 5.26 Å². The minimum atomic E-state index is -0.775. The average molecular weight is 714 g/mol. The number of halogens is 1. The minimum Gasteiger partial charge on any atom is -0.481 e. The molecule has 0 radical (unpaired) electrons. The van der Waals surface area contributed by atoms with Crippen LogP contribution in [0.1, 0.15) is 35.1 Å². The first-order valence-corrected chi connectivity index (χ1v) is 17.7. The van der Waals surface area contributed by atoms with Crippen LogP contribution in [-0.4, -0.2) is 73.2 Å². The van der Waals surface area contributed by atoms with Gasteiger partial charge in [0, 0.05) is 61.6 Å². The van der Waals surface area contributed by atoms with Gasteiger partial charge in [0.2, 0.25) is 5.89 Å². The van der Waals surface area contributed by atoms with Gasteiger partial charge >= 0.3 is 5.97 Å². The first kappa shape index (κ1) is 33.7. The molecular weight excluding hydrogens is 678 g/mol. The molecule has 0 aliphatic carbocycles. The Morgan fingerprint density at radius 1 is 1.00 bits per heavy atom. The zero-order valence-corrected chi connectivity index (χ0v) is 29.3. The number of carboxylic acid groups (broad SMARTS) is 1. The number of aliphatic carboxylic acids is 1. The molecule has 52 heavy (non-hydrogen) atoms. The van der Waals surface area contributed by atoms with Gasteiger partial charge in [-0.05, 0) is 85.0 Å². The van der Waals surface area contributed by atoms with E-state index >= 15 is 0 Å². The second kappa shape index (κ2) is 14.0. The van der Waals surface area contributed by atoms with Crippen LogP contribution in [0.25, 0.3) is 44.6 Å². The summed E-state index contributed by atoms with van der Waals surface area (Å²) in [6.45, 7) is 5.97. The Morgan fingerprint density at radius 3 is 2.56 bits per heavy atom. The predicted molar refractivity (Wildman–Crippen MR) is 199 cm³/mol. The number of hydrogen-bond acceptors (Lipinski definition) is 10. The number of anilines is 2. The molecule has 3 aromatic carbocycles. The van der Waals surface area contributed by atoms with Gasteiger partial charge in [-0.1, -0.05) is 35.9 Å². The maximum atomic E-state index is 11.5. The van der Waals surface area contributed by atoms with Gasteiger partial charge in [0.05, 0.1) is 28.3 Å². The third kappa shape index (κ3) is 6.58. The second-order valence-corrected chi connectivity index (χ2v) is 14.1. The number of likely N-dealkylation sites (tertiary alicyclic amines) is 2. The monoisotopic (exact) mass is 713 g/mol. The molecule has 0 spiro atoms. The maximum absolute atomic E-state index is 11.5. The number of nitrogens with zero attached hydrogens (tertiary/aromatic N) is 6. The molecule has 2 atom stereocenters. The summed E-state index contributed by atoms with van der Waals surface area (Å²) in [7, 11) is 0. The topological polar surface area (TPSA) is 152 Å². The Labute approximate surface area is 305 Å². The molecule has 11 nitrogen and oxygen atoms in total. The van der Waals surface area contributed by atoms with Crippen molar-refractivity contribution in [2.75, 3.05) is 31.5 Å². The summed E-state index contributed by atoms with van der Waals surface area (Å²) >= 11 is 7.12. The Hall–Kier alpha value is -5.38. The SMILES string of the molecule is Cc1c(-c2nc3cc(CN4CCC(C(=O)O)C4)cc(C#N)c3o2)cccc1-c1cccc(Nc2nccc3cc(CN4CCC(O)C4)cnc23)c1Cl. The van der Waals surface area contributed by atoms with E-state index < -0.39 is 5.97 Å². The molecule has 0 amide bonds. The lowest BCUT2D eigenvalue weighted by molar-refractivity contribution is -0.141. The molecule has 262 valence electrons. The van der Waals surface area contributed by atoms with Crippen LogP contribution in [-0.2, 0) is 17.9 Å². The molecule has 2 aliphatic rings. The van der Waals surface area contributed by atoms with Crippen molar-refractivity contribution in [2.24, 2.45) is 5.92 Å². The maximum Gasteiger partial charge on any atom is 0.307 e. The van der Waals surface area contributed by atoms with Crippen molar-refractivity contribution < 1.29 is 19.4 Å². The lowest BCUT2D eigenvalue weighted by atomic mass is 9.96. The Bertz CT molecular complexity index is 2390. The van der Waals surface area contributed by atoms with Crippen molar-refractivity contribution in [3.8, 4) is 28.7 Å². The Balaban J connectivity index is 1.07. The van der Waals surface area contributed by atoms with Crippen LogP contribution in [0.4, 0.5) is 11.5 Å². The normalized spacial score (nSPS) is 18.0. The number of nitriles is 1. The fraction of sp³-hybridized carbons (Fsp3) is 0.275. The van der Waals surface area contributed by atoms with Gasteiger partial charge in [0.1, 0.15) is 17.1 Å². The first-order chi connectivity index (χ1) is 25.2. The Kier molecular flexibility index (Phi) is 9.07. The summed E-state index contributed by atoms with van der Waals surface area (Å²) in [6.07, 6.45) is 4.76. The molecule has 2 fully saturated rings. The number of oxazole rings is 1. The molecule has 8 rings (SSSR count). The van der Waals surface area contributed by atoms with Crippen molar-refractivity contribution in [2.45, 2.75) is 39.0 Å². The number of aliphatic hydroxyl groups is 1. The van der Waals surface area contributed by atoms with E-state index in [-0.39, 0.29) is 12.0 Å². The van der Waals surface area contributed by atoms with E-state index in [0.717, 1.165) is 63.8 Å². The van der Waals surface area contributed by atoms with Crippen molar-refractivity contribution in [1.82, 2.24) is 24.8 Å². The molecule has 2 saturated heterocycles. The van der Waals surface area contributed by atoms with Crippen molar-refractivity contribution in [3.05, 3.63) is 100 Å². The fourth-order valence-corrected chi connectivity index (χ4v) is 7.71. The number of aromatic nitrogens is 3. The lowest BCUT2D eigenvalue weighted by Crippen LogP contribution is -2.22. The number of pyridine rings is 2. The van der Waals surface area contributed by atoms with Gasteiger partial charge in [-0.25, -0.2) is 9.97 Å². The van der Waals surface area contributed by atoms with E-state index in [9.17, 15) is 20.3 Å². The Morgan fingerprint density at radius 2 is 1.77 bits per heavy atom. The largest absolute Gasteiger partial charge is 0.481 e. The number of carboxylic acids is 1. The smallest absolute Gasteiger partial charge is 0.307 e. The van der Waals surface area contributed by atoms with Crippen LogP contribution < -0.4 is 5.32 Å². The van der Waals surface area contributed by atoms with Gasteiger partial charge < -0.3 is 19.9 Å². The quantitative estimate of drug-likeness (QED) is 0.140. The lowest BCUT2D eigenvalue weighted by Gasteiger charge is -2.16. The van der Waals surface area contributed by atoms with Crippen LogP contribution in [0.3, 0.4) is 0 Å². The summed E-state index contributed by atoms with van der Waals surface area (Å²) in [5.74, 6) is -0.161. The van der Waals surface area contributed by atoms with Gasteiger partial charge in [-0.15, -0.1) is 0 Å². The molecule has 6 aromatic rings. The molecule has 2 aliphatic heterocycles. The van der Waals surface area contributed by atoms with E-state index in [1.54, 1.807) is 12.3 Å². The molecule has 0 saturated carbocycles. The summed E-state index contributed by atoms with van der Waals surface area (Å²) in [5.41, 5.74) is 8.15. The molecule has 5 heterocycles. The van der Waals surface area contributed by atoms with Gasteiger partial charge in [0.15, 0.2) is 11.4 Å². The highest BCUT2D eigenvalue weighted by Gasteiger charge is 2.28. The number of β-amino-alcohol motifs (C(OH)–C–C–N with tert-alkyl or cyclic N) is 1. The number of rotatable bonds is 9. The van der Waals surface area contributed by atoms with Crippen LogP contribution >= 0.6 is 11.6 Å². The summed E-state index contributed by atoms with van der Waals surface area (Å²) < 4.78 is 6.25. The molecule has 2 unspecified atom stereocenters. The molecular formula is C40H36ClN7O4. The van der Waals surface area contributed by atoms with Crippen LogP contribution in [0.5, 0.6) is 0 Å². The molecule has 12 heteroatoms. The van der Waals surface area contributed by atoms with Crippen LogP contribution in [0.15, 0.2) is 77.5 Å². The van der Waals surface area contributed by atoms with Crippen LogP contribution in [0.2, 0.25) is 5.02 Å². The number of aliphatic hydroxyl groups excluding tert-OH is 1. The van der Waals surface area contributed by atoms with Crippen molar-refractivity contribution >= 4 is 51.1 Å². The third-order valence-electron chi connectivity index (χ3n) is 10.1. The highest BCUT2D eigenvalue weighted by molar-refractivity contribution is 6.36. The number of nitrogens with one attached hydrogen (secondary N) is 1. The van der Waals surface area contributed by atoms with Crippen LogP contribution in [0, 0.1) is 24.2 Å². The van der Waals surface area contributed by atoms with E-state index in [4.69, 9.17) is 26.0 Å². The van der Waals surface area contributed by atoms with Gasteiger partial charge in [-0.3, -0.25) is 19.6 Å². The van der Waals surface area contributed by atoms with Crippen molar-refractivity contribution in [1.29, 1.82) is 5.26 Å². The standard InChI is InChI=1S/C40H36ClN7O4/c1-23-30(4-2-5-31(23)39-46-34-16-24(14-28(17-42)37(34)52-39)19-47-12-9-27(21-47)40(50)51)32-6-3-7-33(35(32)41)45-38-36-26(8-11-43-38)15-25(18-44-36)20-48-13-10-29(49)22-48/h2-8,11,14-16,18,27,29,49H,9-10,12-13,19-22H2,1H3,(H,43,45)(H,50,51). The van der Waals surface area contributed by atoms with Gasteiger partial charge in [0.25, 0.3) is 0 Å². The third-order valence-corrected chi connectivity index (χ3v) is 10.5. The zero-order chi connectivity index (χ0) is 35.9. The van der Waals surface area contributed by atoms with E-state index in [1.807, 2.05) is 61.7 Å². The average Bonchev–Trinajstić information content (AvgIpc) is 3.89. The highest BCUT2D eigenvalue weighted by Crippen LogP contribution is 2.40. The summed E-state index contributed by atoms with van der Waals surface area (Å²) in [6, 6.07) is 21.7.